The molecule has 98 valence electrons. The van der Waals surface area contributed by atoms with Crippen LogP contribution in [-0.4, -0.2) is 46.4 Å². The van der Waals surface area contributed by atoms with Crippen molar-refractivity contribution in [1.82, 2.24) is 4.90 Å². The normalized spacial score (nSPS) is 30.1. The van der Waals surface area contributed by atoms with Crippen molar-refractivity contribution in [3.05, 3.63) is 25.6 Å². The van der Waals surface area contributed by atoms with E-state index in [1.807, 2.05) is 4.90 Å². The van der Waals surface area contributed by atoms with Crippen LogP contribution in [0.2, 0.25) is 12.6 Å². The molecule has 0 aromatic carbocycles. The third-order valence-corrected chi connectivity index (χ3v) is 5.91. The molecule has 1 aliphatic rings. The highest BCUT2D eigenvalue weighted by atomic mass is 28.4. The summed E-state index contributed by atoms with van der Waals surface area (Å²) in [6.07, 6.45) is 4.50. The van der Waals surface area contributed by atoms with Gasteiger partial charge in [-0.1, -0.05) is 13.2 Å². The summed E-state index contributed by atoms with van der Waals surface area (Å²) in [4.78, 5) is 1.90. The summed E-state index contributed by atoms with van der Waals surface area (Å²) in [6.45, 7) is 11.7. The van der Waals surface area contributed by atoms with Gasteiger partial charge in [-0.2, -0.15) is 0 Å². The van der Waals surface area contributed by atoms with Crippen LogP contribution >= 0.6 is 0 Å². The minimum absolute atomic E-state index is 0.0166. The fraction of sp³-hybridized carbons (Fsp3) is 0.667. The highest BCUT2D eigenvalue weighted by Gasteiger charge is 2.34. The van der Waals surface area contributed by atoms with Crippen LogP contribution in [0.5, 0.6) is 0 Å². The van der Waals surface area contributed by atoms with Crippen LogP contribution < -0.4 is 0 Å². The summed E-state index contributed by atoms with van der Waals surface area (Å²) in [5.74, 6) is 0. The summed E-state index contributed by atoms with van der Waals surface area (Å²) in [5.41, 5.74) is 0. The summed E-state index contributed by atoms with van der Waals surface area (Å²) < 4.78 is 17.3. The van der Waals surface area contributed by atoms with Gasteiger partial charge in [0.2, 0.25) is 0 Å². The van der Waals surface area contributed by atoms with Crippen molar-refractivity contribution < 1.29 is 13.6 Å². The molecular weight excluding hydrogens is 234 g/mol. The SMILES string of the molecule is C=CN(C=C)CC1COCCC[Si](C)(OC)O1. The zero-order chi connectivity index (χ0) is 12.7. The monoisotopic (exact) mass is 257 g/mol. The van der Waals surface area contributed by atoms with E-state index < -0.39 is 8.56 Å². The molecule has 4 nitrogen and oxygen atoms in total. The Morgan fingerprint density at radius 2 is 2.18 bits per heavy atom. The number of hydrogen-bond donors (Lipinski definition) is 0. The van der Waals surface area contributed by atoms with Crippen LogP contribution in [0.15, 0.2) is 25.6 Å². The molecule has 0 amide bonds. The van der Waals surface area contributed by atoms with Crippen LogP contribution in [0.4, 0.5) is 0 Å². The molecule has 0 aromatic heterocycles. The Morgan fingerprint density at radius 3 is 2.76 bits per heavy atom. The first-order valence-electron chi connectivity index (χ1n) is 5.95. The minimum Gasteiger partial charge on any atom is -0.398 e. The second-order valence-electron chi connectivity index (χ2n) is 4.32. The van der Waals surface area contributed by atoms with Crippen LogP contribution in [0.1, 0.15) is 6.42 Å². The quantitative estimate of drug-likeness (QED) is 0.706. The van der Waals surface area contributed by atoms with E-state index >= 15 is 0 Å². The molecule has 0 aliphatic carbocycles. The predicted molar refractivity (Wildman–Crippen MR) is 70.8 cm³/mol. The van der Waals surface area contributed by atoms with E-state index in [-0.39, 0.29) is 6.10 Å². The van der Waals surface area contributed by atoms with E-state index in [0.29, 0.717) is 13.2 Å². The molecule has 1 rings (SSSR count). The molecule has 1 heterocycles. The Balaban J connectivity index is 2.61. The molecule has 0 N–H and O–H groups in total. The summed E-state index contributed by atoms with van der Waals surface area (Å²) >= 11 is 0. The number of ether oxygens (including phenoxy) is 1. The first-order valence-corrected chi connectivity index (χ1v) is 8.47. The zero-order valence-corrected chi connectivity index (χ0v) is 11.9. The minimum atomic E-state index is -2.02. The average molecular weight is 257 g/mol. The van der Waals surface area contributed by atoms with E-state index in [4.69, 9.17) is 13.6 Å². The molecule has 1 saturated heterocycles. The molecule has 0 radical (unpaired) electrons. The molecule has 1 aliphatic heterocycles. The first-order chi connectivity index (χ1) is 8.13. The first kappa shape index (κ1) is 14.4. The van der Waals surface area contributed by atoms with Crippen molar-refractivity contribution in [1.29, 1.82) is 0 Å². The highest BCUT2D eigenvalue weighted by molar-refractivity contribution is 6.66. The van der Waals surface area contributed by atoms with Crippen molar-refractivity contribution >= 4 is 8.56 Å². The van der Waals surface area contributed by atoms with E-state index in [0.717, 1.165) is 19.1 Å². The van der Waals surface area contributed by atoms with E-state index in [1.165, 1.54) is 0 Å². The van der Waals surface area contributed by atoms with Gasteiger partial charge >= 0.3 is 8.56 Å². The lowest BCUT2D eigenvalue weighted by Gasteiger charge is -2.34. The maximum atomic E-state index is 6.12. The van der Waals surface area contributed by atoms with Gasteiger partial charge in [-0.25, -0.2) is 0 Å². The van der Waals surface area contributed by atoms with Crippen molar-refractivity contribution in [3.8, 4) is 0 Å². The van der Waals surface area contributed by atoms with E-state index in [2.05, 4.69) is 19.7 Å². The smallest absolute Gasteiger partial charge is 0.335 e. The maximum Gasteiger partial charge on any atom is 0.335 e. The Hall–Kier alpha value is -0.623. The summed E-state index contributed by atoms with van der Waals surface area (Å²) in [5, 5.41) is 0. The lowest BCUT2D eigenvalue weighted by Crippen LogP contribution is -2.47. The Morgan fingerprint density at radius 1 is 1.47 bits per heavy atom. The fourth-order valence-electron chi connectivity index (χ4n) is 1.85. The molecule has 5 heteroatoms. The number of hydrogen-bond acceptors (Lipinski definition) is 4. The molecule has 0 aromatic rings. The van der Waals surface area contributed by atoms with Crippen LogP contribution in [0.3, 0.4) is 0 Å². The van der Waals surface area contributed by atoms with Gasteiger partial charge in [-0.3, -0.25) is 0 Å². The molecule has 2 unspecified atom stereocenters. The molecule has 0 spiro atoms. The van der Waals surface area contributed by atoms with Crippen molar-refractivity contribution in [3.63, 3.8) is 0 Å². The zero-order valence-electron chi connectivity index (χ0n) is 10.9. The summed E-state index contributed by atoms with van der Waals surface area (Å²) in [7, 11) is -0.283. The number of rotatable bonds is 5. The molecule has 2 atom stereocenters. The Bertz CT molecular complexity index is 254. The second kappa shape index (κ2) is 6.96. The van der Waals surface area contributed by atoms with Gasteiger partial charge in [0.05, 0.1) is 12.7 Å². The average Bonchev–Trinajstić information content (AvgIpc) is 2.32. The third kappa shape index (κ3) is 4.63. The molecule has 17 heavy (non-hydrogen) atoms. The van der Waals surface area contributed by atoms with Gasteiger partial charge < -0.3 is 18.5 Å². The third-order valence-electron chi connectivity index (χ3n) is 2.95. The van der Waals surface area contributed by atoms with Crippen LogP contribution in [0, 0.1) is 0 Å². The standard InChI is InChI=1S/C12H23NO3Si/c1-5-13(6-2)10-12-11-15-8-7-9-17(4,14-3)16-12/h5-6,12H,1-2,7-11H2,3-4H3. The van der Waals surface area contributed by atoms with Gasteiger partial charge in [-0.15, -0.1) is 0 Å². The lowest BCUT2D eigenvalue weighted by molar-refractivity contribution is 0.0107. The topological polar surface area (TPSA) is 30.9 Å². The lowest BCUT2D eigenvalue weighted by atomic mass is 10.3. The van der Waals surface area contributed by atoms with Gasteiger partial charge in [0.15, 0.2) is 0 Å². The van der Waals surface area contributed by atoms with Gasteiger partial charge in [-0.05, 0) is 31.4 Å². The number of nitrogens with zero attached hydrogens (tertiary/aromatic N) is 1. The van der Waals surface area contributed by atoms with Gasteiger partial charge in [0.25, 0.3) is 0 Å². The van der Waals surface area contributed by atoms with Crippen LogP contribution in [-0.2, 0) is 13.6 Å². The Labute approximate surface area is 105 Å². The Kier molecular flexibility index (Phi) is 5.91. The van der Waals surface area contributed by atoms with Crippen molar-refractivity contribution in [2.45, 2.75) is 25.1 Å². The predicted octanol–water partition coefficient (Wildman–Crippen LogP) is 2.10. The van der Waals surface area contributed by atoms with E-state index in [1.54, 1.807) is 19.5 Å². The molecule has 0 bridgehead atoms. The highest BCUT2D eigenvalue weighted by Crippen LogP contribution is 2.20. The van der Waals surface area contributed by atoms with Crippen molar-refractivity contribution in [2.24, 2.45) is 0 Å². The van der Waals surface area contributed by atoms with Crippen LogP contribution in [0.25, 0.3) is 0 Å². The fourth-order valence-corrected chi connectivity index (χ4v) is 3.91. The van der Waals surface area contributed by atoms with E-state index in [9.17, 15) is 0 Å². The second-order valence-corrected chi connectivity index (χ2v) is 7.73. The van der Waals surface area contributed by atoms with Crippen molar-refractivity contribution in [2.75, 3.05) is 26.9 Å². The van der Waals surface area contributed by atoms with Gasteiger partial charge in [0, 0.05) is 20.3 Å². The largest absolute Gasteiger partial charge is 0.398 e. The molecule has 1 fully saturated rings. The summed E-state index contributed by atoms with van der Waals surface area (Å²) in [6, 6.07) is 0.974. The molecular formula is C12H23NO3Si. The van der Waals surface area contributed by atoms with Gasteiger partial charge in [0.1, 0.15) is 0 Å². The molecule has 0 saturated carbocycles. The maximum absolute atomic E-state index is 6.12.